The van der Waals surface area contributed by atoms with Gasteiger partial charge >= 0.3 is 0 Å². The minimum atomic E-state index is 0.210. The van der Waals surface area contributed by atoms with Crippen molar-refractivity contribution in [2.24, 2.45) is 11.8 Å². The van der Waals surface area contributed by atoms with Crippen LogP contribution in [0.25, 0.3) is 0 Å². The molecule has 0 amide bonds. The van der Waals surface area contributed by atoms with Crippen LogP contribution in [0.5, 0.6) is 0 Å². The van der Waals surface area contributed by atoms with Crippen molar-refractivity contribution in [3.63, 3.8) is 0 Å². The molecule has 2 aromatic rings. The second-order valence-electron chi connectivity index (χ2n) is 7.81. The molecule has 4 aliphatic carbocycles. The summed E-state index contributed by atoms with van der Waals surface area (Å²) in [5, 5.41) is 0. The van der Waals surface area contributed by atoms with E-state index in [1.165, 1.54) is 43.2 Å². The van der Waals surface area contributed by atoms with Crippen molar-refractivity contribution in [2.75, 3.05) is 0 Å². The summed E-state index contributed by atoms with van der Waals surface area (Å²) in [6.07, 6.45) is 10.9. The molecule has 0 atom stereocenters. The second kappa shape index (κ2) is 4.47. The topological polar surface area (TPSA) is 0 Å². The molecule has 4 bridgehead atoms. The highest BCUT2D eigenvalue weighted by Crippen LogP contribution is 2.65. The van der Waals surface area contributed by atoms with Crippen molar-refractivity contribution < 1.29 is 0 Å². The van der Waals surface area contributed by atoms with Crippen molar-refractivity contribution in [3.8, 4) is 0 Å². The van der Waals surface area contributed by atoms with E-state index in [4.69, 9.17) is 0 Å². The van der Waals surface area contributed by atoms with Gasteiger partial charge in [0.15, 0.2) is 0 Å². The molecule has 0 heterocycles. The minimum Gasteiger partial charge on any atom is -0.0622 e. The normalized spacial score (nSPS) is 39.1. The van der Waals surface area contributed by atoms with Gasteiger partial charge in [-0.15, -0.1) is 0 Å². The predicted molar refractivity (Wildman–Crippen MR) is 89.5 cm³/mol. The van der Waals surface area contributed by atoms with E-state index >= 15 is 0 Å². The van der Waals surface area contributed by atoms with Crippen LogP contribution in [0, 0.1) is 18.3 Å². The zero-order valence-electron chi connectivity index (χ0n) is 13.0. The third-order valence-electron chi connectivity index (χ3n) is 6.35. The molecule has 0 spiro atoms. The molecular weight excluding hydrogens is 264 g/mol. The molecule has 4 aliphatic rings. The summed E-state index contributed by atoms with van der Waals surface area (Å²) in [6, 6.07) is 22.4. The maximum atomic E-state index is 4.17. The average Bonchev–Trinajstić information content (AvgIpc) is 2.55. The van der Waals surface area contributed by atoms with Gasteiger partial charge in [-0.3, -0.25) is 0 Å². The van der Waals surface area contributed by atoms with Crippen LogP contribution in [0.2, 0.25) is 0 Å². The Morgan fingerprint density at radius 1 is 0.636 bits per heavy atom. The highest BCUT2D eigenvalue weighted by molar-refractivity contribution is 5.43. The zero-order valence-corrected chi connectivity index (χ0v) is 13.0. The summed E-state index contributed by atoms with van der Waals surface area (Å²) in [7, 11) is 0. The minimum absolute atomic E-state index is 0.210. The molecule has 110 valence electrons. The molecule has 4 saturated carbocycles. The van der Waals surface area contributed by atoms with Gasteiger partial charge in [0.1, 0.15) is 0 Å². The fourth-order valence-electron chi connectivity index (χ4n) is 5.88. The van der Waals surface area contributed by atoms with E-state index in [1.807, 2.05) is 0 Å². The van der Waals surface area contributed by atoms with Crippen molar-refractivity contribution >= 4 is 0 Å². The van der Waals surface area contributed by atoms with Gasteiger partial charge in [-0.25, -0.2) is 0 Å². The first-order valence-corrected chi connectivity index (χ1v) is 8.69. The first-order valence-electron chi connectivity index (χ1n) is 8.69. The lowest BCUT2D eigenvalue weighted by Crippen LogP contribution is -2.56. The third-order valence-corrected chi connectivity index (χ3v) is 6.35. The quantitative estimate of drug-likeness (QED) is 0.714. The van der Waals surface area contributed by atoms with Crippen LogP contribution < -0.4 is 0 Å². The smallest absolute Gasteiger partial charge is 0.00561 e. The van der Waals surface area contributed by atoms with Crippen molar-refractivity contribution in [3.05, 3.63) is 78.2 Å². The van der Waals surface area contributed by atoms with E-state index in [1.54, 1.807) is 0 Å². The predicted octanol–water partition coefficient (Wildman–Crippen LogP) is 5.17. The Balaban J connectivity index is 1.63. The van der Waals surface area contributed by atoms with Gasteiger partial charge in [-0.1, -0.05) is 60.7 Å². The molecule has 2 radical (unpaired) electrons. The monoisotopic (exact) mass is 286 g/mol. The van der Waals surface area contributed by atoms with Crippen molar-refractivity contribution in [2.45, 2.75) is 42.9 Å². The second-order valence-corrected chi connectivity index (χ2v) is 7.81. The van der Waals surface area contributed by atoms with Crippen LogP contribution >= 0.6 is 0 Å². The lowest BCUT2D eigenvalue weighted by molar-refractivity contribution is 0.0202. The first-order chi connectivity index (χ1) is 10.8. The van der Waals surface area contributed by atoms with Crippen molar-refractivity contribution in [1.82, 2.24) is 0 Å². The molecule has 2 aromatic carbocycles. The van der Waals surface area contributed by atoms with Crippen LogP contribution in [0.3, 0.4) is 0 Å². The van der Waals surface area contributed by atoms with Crippen LogP contribution in [-0.2, 0) is 10.8 Å². The Morgan fingerprint density at radius 2 is 1.05 bits per heavy atom. The Bertz CT molecular complexity index is 598. The van der Waals surface area contributed by atoms with Gasteiger partial charge in [-0.2, -0.15) is 0 Å². The number of hydrogen-bond donors (Lipinski definition) is 0. The molecule has 0 N–H and O–H groups in total. The van der Waals surface area contributed by atoms with Crippen LogP contribution in [0.1, 0.15) is 43.2 Å². The summed E-state index contributed by atoms with van der Waals surface area (Å²) < 4.78 is 0. The molecule has 4 fully saturated rings. The van der Waals surface area contributed by atoms with Gasteiger partial charge in [0, 0.05) is 17.3 Å². The highest BCUT2D eigenvalue weighted by atomic mass is 14.6. The van der Waals surface area contributed by atoms with Crippen LogP contribution in [0.15, 0.2) is 60.7 Å². The summed E-state index contributed by atoms with van der Waals surface area (Å²) in [5.41, 5.74) is 3.43. The number of benzene rings is 2. The van der Waals surface area contributed by atoms with E-state index in [2.05, 4.69) is 67.1 Å². The van der Waals surface area contributed by atoms with Gasteiger partial charge in [0.2, 0.25) is 0 Å². The van der Waals surface area contributed by atoms with E-state index in [0.717, 1.165) is 11.8 Å². The van der Waals surface area contributed by atoms with E-state index < -0.39 is 0 Å². The zero-order chi connectivity index (χ0) is 14.6. The lowest BCUT2D eigenvalue weighted by Gasteiger charge is -2.62. The fraction of sp³-hybridized carbons (Fsp3) is 0.409. The van der Waals surface area contributed by atoms with E-state index in [9.17, 15) is 0 Å². The van der Waals surface area contributed by atoms with E-state index in [-0.39, 0.29) is 10.8 Å². The van der Waals surface area contributed by atoms with Gasteiger partial charge < -0.3 is 0 Å². The summed E-state index contributed by atoms with van der Waals surface area (Å²) >= 11 is 0. The van der Waals surface area contributed by atoms with Crippen molar-refractivity contribution in [1.29, 1.82) is 0 Å². The first kappa shape index (κ1) is 12.9. The third kappa shape index (κ3) is 1.76. The molecule has 0 heteroatoms. The highest BCUT2D eigenvalue weighted by Gasteiger charge is 2.59. The number of rotatable bonds is 2. The van der Waals surface area contributed by atoms with E-state index in [0.29, 0.717) is 0 Å². The number of hydrogen-bond acceptors (Lipinski definition) is 0. The molecule has 0 aliphatic heterocycles. The molecule has 22 heavy (non-hydrogen) atoms. The maximum Gasteiger partial charge on any atom is 0.00561 e. The van der Waals surface area contributed by atoms with Gasteiger partial charge in [0.25, 0.3) is 0 Å². The maximum absolute atomic E-state index is 4.17. The molecule has 0 unspecified atom stereocenters. The molecule has 0 aromatic heterocycles. The Labute approximate surface area is 133 Å². The SMILES string of the molecule is [C]1C2(c3ccccc3)CC3CC(C2)CC1(c1ccccc1)C3. The lowest BCUT2D eigenvalue weighted by atomic mass is 9.42. The average molecular weight is 286 g/mol. The summed E-state index contributed by atoms with van der Waals surface area (Å²) in [6.45, 7) is 0. The van der Waals surface area contributed by atoms with Gasteiger partial charge in [0.05, 0.1) is 0 Å². The summed E-state index contributed by atoms with van der Waals surface area (Å²) in [5.74, 6) is 1.77. The Morgan fingerprint density at radius 3 is 1.45 bits per heavy atom. The summed E-state index contributed by atoms with van der Waals surface area (Å²) in [4.78, 5) is 0. The van der Waals surface area contributed by atoms with Crippen LogP contribution in [0.4, 0.5) is 0 Å². The van der Waals surface area contributed by atoms with Crippen LogP contribution in [-0.4, -0.2) is 0 Å². The molecule has 0 saturated heterocycles. The fourth-order valence-corrected chi connectivity index (χ4v) is 5.88. The largest absolute Gasteiger partial charge is 0.0622 e. The standard InChI is InChI=1S/C22H22/c1-3-7-19(8-4-1)21-12-17-11-18(13-21)15-22(14-17,16-21)20-9-5-2-6-10-20/h1-10,17-18H,11-15H2. The molecule has 6 rings (SSSR count). The van der Waals surface area contributed by atoms with Gasteiger partial charge in [-0.05, 0) is 55.1 Å². The Hall–Kier alpha value is -1.56. The molecular formula is C22H22. The Kier molecular flexibility index (Phi) is 2.63. The molecule has 0 nitrogen and oxygen atoms in total.